The van der Waals surface area contributed by atoms with Crippen LogP contribution in [0.2, 0.25) is 0 Å². The van der Waals surface area contributed by atoms with Crippen molar-refractivity contribution in [2.24, 2.45) is 5.92 Å². The lowest BCUT2D eigenvalue weighted by Gasteiger charge is -2.28. The molecule has 0 saturated heterocycles. The fraction of sp³-hybridized carbons (Fsp3) is 0.389. The highest BCUT2D eigenvalue weighted by molar-refractivity contribution is 5.94. The van der Waals surface area contributed by atoms with Crippen molar-refractivity contribution in [3.63, 3.8) is 0 Å². The molecule has 0 bridgehead atoms. The van der Waals surface area contributed by atoms with Crippen LogP contribution in [0.4, 0.5) is 5.82 Å². The summed E-state index contributed by atoms with van der Waals surface area (Å²) in [7, 11) is 0. The summed E-state index contributed by atoms with van der Waals surface area (Å²) in [6.45, 7) is 0.228. The molecular weight excluding hydrogens is 318 g/mol. The lowest BCUT2D eigenvalue weighted by Crippen LogP contribution is -2.38. The van der Waals surface area contributed by atoms with Gasteiger partial charge in [0.25, 0.3) is 5.91 Å². The summed E-state index contributed by atoms with van der Waals surface area (Å²) in [5, 5.41) is 25.2. The maximum atomic E-state index is 12.4. The van der Waals surface area contributed by atoms with Gasteiger partial charge in [0.2, 0.25) is 0 Å². The molecule has 25 heavy (non-hydrogen) atoms. The third-order valence-corrected chi connectivity index (χ3v) is 4.74. The van der Waals surface area contributed by atoms with Crippen molar-refractivity contribution in [3.8, 4) is 11.8 Å². The number of hydrogen-bond acceptors (Lipinski definition) is 5. The Bertz CT molecular complexity index is 783. The van der Waals surface area contributed by atoms with Crippen molar-refractivity contribution in [1.29, 1.82) is 5.26 Å². The molecule has 1 amide bonds. The molecule has 7 heteroatoms. The zero-order valence-electron chi connectivity index (χ0n) is 13.9. The second kappa shape index (κ2) is 7.36. The normalized spacial score (nSPS) is 20.0. The maximum Gasteiger partial charge on any atom is 0.251 e. The van der Waals surface area contributed by atoms with Gasteiger partial charge in [-0.3, -0.25) is 4.79 Å². The van der Waals surface area contributed by atoms with E-state index >= 15 is 0 Å². The number of nitriles is 1. The predicted molar refractivity (Wildman–Crippen MR) is 93.0 cm³/mol. The number of rotatable bonds is 4. The number of nitrogens with zero attached hydrogens (tertiary/aromatic N) is 3. The zero-order valence-corrected chi connectivity index (χ0v) is 13.9. The highest BCUT2D eigenvalue weighted by Crippen LogP contribution is 2.24. The van der Waals surface area contributed by atoms with Crippen LogP contribution in [0.5, 0.6) is 0 Å². The van der Waals surface area contributed by atoms with Crippen LogP contribution in [0.15, 0.2) is 30.5 Å². The van der Waals surface area contributed by atoms with Gasteiger partial charge in [0.15, 0.2) is 0 Å². The topological polar surface area (TPSA) is 117 Å². The predicted octanol–water partition coefficient (Wildman–Crippen LogP) is 1.61. The molecule has 3 rings (SSSR count). The van der Waals surface area contributed by atoms with Gasteiger partial charge in [-0.25, -0.2) is 4.68 Å². The summed E-state index contributed by atoms with van der Waals surface area (Å²) in [5.74, 6) is 0.538. The van der Waals surface area contributed by atoms with E-state index in [1.54, 1.807) is 24.3 Å². The van der Waals surface area contributed by atoms with Gasteiger partial charge in [-0.05, 0) is 55.9 Å². The second-order valence-electron chi connectivity index (χ2n) is 6.39. The minimum atomic E-state index is -0.106. The highest BCUT2D eigenvalue weighted by Gasteiger charge is 2.22. The molecule has 1 fully saturated rings. The number of nitrogen functional groups attached to an aromatic ring is 1. The number of carbonyl (C=O) groups is 1. The first-order valence-corrected chi connectivity index (χ1v) is 8.38. The molecule has 1 aliphatic carbocycles. The van der Waals surface area contributed by atoms with E-state index < -0.39 is 0 Å². The van der Waals surface area contributed by atoms with E-state index in [1.807, 2.05) is 6.07 Å². The highest BCUT2D eigenvalue weighted by atomic mass is 16.3. The summed E-state index contributed by atoms with van der Waals surface area (Å²) in [4.78, 5) is 12.4. The van der Waals surface area contributed by atoms with Gasteiger partial charge in [0, 0.05) is 18.2 Å². The van der Waals surface area contributed by atoms with E-state index in [1.165, 1.54) is 10.9 Å². The Morgan fingerprint density at radius 3 is 2.56 bits per heavy atom. The van der Waals surface area contributed by atoms with Gasteiger partial charge >= 0.3 is 0 Å². The zero-order chi connectivity index (χ0) is 17.8. The summed E-state index contributed by atoms with van der Waals surface area (Å²) < 4.78 is 1.47. The molecule has 7 nitrogen and oxygen atoms in total. The molecule has 0 unspecified atom stereocenters. The van der Waals surface area contributed by atoms with E-state index in [2.05, 4.69) is 10.4 Å². The molecule has 1 saturated carbocycles. The monoisotopic (exact) mass is 339 g/mol. The number of aliphatic hydroxyl groups excluding tert-OH is 1. The summed E-state index contributed by atoms with van der Waals surface area (Å²) in [6.07, 6.45) is 5.10. The van der Waals surface area contributed by atoms with Crippen molar-refractivity contribution in [1.82, 2.24) is 15.1 Å². The molecule has 2 aromatic rings. The van der Waals surface area contributed by atoms with Crippen LogP contribution in [0, 0.1) is 17.2 Å². The minimum Gasteiger partial charge on any atom is -0.396 e. The van der Waals surface area contributed by atoms with E-state index in [0.29, 0.717) is 22.7 Å². The fourth-order valence-electron chi connectivity index (χ4n) is 3.16. The Balaban J connectivity index is 1.65. The SMILES string of the molecule is N#Cc1cnn(-c2ccc(C(=O)NC3CCC(CO)CC3)cc2)c1N. The van der Waals surface area contributed by atoms with E-state index in [4.69, 9.17) is 11.0 Å². The first kappa shape index (κ1) is 17.0. The maximum absolute atomic E-state index is 12.4. The molecule has 130 valence electrons. The van der Waals surface area contributed by atoms with Crippen LogP contribution in [-0.4, -0.2) is 33.4 Å². The van der Waals surface area contributed by atoms with Crippen LogP contribution < -0.4 is 11.1 Å². The molecule has 1 heterocycles. The van der Waals surface area contributed by atoms with Crippen molar-refractivity contribution in [2.75, 3.05) is 12.3 Å². The minimum absolute atomic E-state index is 0.106. The number of hydrogen-bond donors (Lipinski definition) is 3. The Kier molecular flexibility index (Phi) is 5.00. The van der Waals surface area contributed by atoms with Crippen molar-refractivity contribution < 1.29 is 9.90 Å². The molecule has 0 radical (unpaired) electrons. The standard InChI is InChI=1S/C18H21N5O2/c19-9-14-10-21-23(17(14)20)16-7-3-13(4-8-16)18(25)22-15-5-1-12(11-24)2-6-15/h3-4,7-8,10,12,15,24H,1-2,5-6,11,20H2,(H,22,25). The summed E-state index contributed by atoms with van der Waals surface area (Å²) in [5.41, 5.74) is 7.45. The number of nitrogens with two attached hydrogens (primary N) is 1. The van der Waals surface area contributed by atoms with Crippen LogP contribution in [-0.2, 0) is 0 Å². The van der Waals surface area contributed by atoms with Gasteiger partial charge in [0.1, 0.15) is 17.5 Å². The van der Waals surface area contributed by atoms with Crippen LogP contribution in [0.1, 0.15) is 41.6 Å². The van der Waals surface area contributed by atoms with Crippen LogP contribution in [0.25, 0.3) is 5.69 Å². The molecule has 0 aliphatic heterocycles. The lowest BCUT2D eigenvalue weighted by molar-refractivity contribution is 0.0914. The van der Waals surface area contributed by atoms with Gasteiger partial charge in [-0.15, -0.1) is 0 Å². The molecule has 4 N–H and O–H groups in total. The van der Waals surface area contributed by atoms with Crippen molar-refractivity contribution >= 4 is 11.7 Å². The molecule has 1 aromatic heterocycles. The summed E-state index contributed by atoms with van der Waals surface area (Å²) in [6, 6.07) is 9.08. The van der Waals surface area contributed by atoms with E-state index in [0.717, 1.165) is 25.7 Å². The number of benzene rings is 1. The molecule has 1 aliphatic rings. The lowest BCUT2D eigenvalue weighted by atomic mass is 9.86. The van der Waals surface area contributed by atoms with Crippen molar-refractivity contribution in [2.45, 2.75) is 31.7 Å². The Labute approximate surface area is 146 Å². The first-order chi connectivity index (χ1) is 12.1. The fourth-order valence-corrected chi connectivity index (χ4v) is 3.16. The average molecular weight is 339 g/mol. The van der Waals surface area contributed by atoms with Gasteiger partial charge < -0.3 is 16.2 Å². The van der Waals surface area contributed by atoms with E-state index in [-0.39, 0.29) is 24.4 Å². The number of aromatic nitrogens is 2. The molecule has 0 atom stereocenters. The van der Waals surface area contributed by atoms with Gasteiger partial charge in [-0.1, -0.05) is 0 Å². The molecule has 1 aromatic carbocycles. The first-order valence-electron chi connectivity index (χ1n) is 8.38. The Morgan fingerprint density at radius 1 is 1.32 bits per heavy atom. The third kappa shape index (κ3) is 3.64. The quantitative estimate of drug-likeness (QED) is 0.782. The van der Waals surface area contributed by atoms with Crippen LogP contribution in [0.3, 0.4) is 0 Å². The number of carbonyl (C=O) groups excluding carboxylic acids is 1. The Morgan fingerprint density at radius 2 is 2.00 bits per heavy atom. The summed E-state index contributed by atoms with van der Waals surface area (Å²) >= 11 is 0. The second-order valence-corrected chi connectivity index (χ2v) is 6.39. The molecular formula is C18H21N5O2. The number of amides is 1. The number of nitrogens with one attached hydrogen (secondary N) is 1. The number of anilines is 1. The van der Waals surface area contributed by atoms with Gasteiger partial charge in [-0.2, -0.15) is 10.4 Å². The van der Waals surface area contributed by atoms with E-state index in [9.17, 15) is 9.90 Å². The van der Waals surface area contributed by atoms with Crippen LogP contribution >= 0.6 is 0 Å². The van der Waals surface area contributed by atoms with Gasteiger partial charge in [0.05, 0.1) is 11.9 Å². The Hall–Kier alpha value is -2.85. The largest absolute Gasteiger partial charge is 0.396 e. The van der Waals surface area contributed by atoms with Crippen molar-refractivity contribution in [3.05, 3.63) is 41.6 Å². The average Bonchev–Trinajstić information content (AvgIpc) is 3.03. The molecule has 0 spiro atoms. The number of aliphatic hydroxyl groups is 1. The third-order valence-electron chi connectivity index (χ3n) is 4.74. The smallest absolute Gasteiger partial charge is 0.251 e.